The van der Waals surface area contributed by atoms with Gasteiger partial charge in [0.1, 0.15) is 0 Å². The molecule has 0 aliphatic heterocycles. The topological polar surface area (TPSA) is 58.0 Å². The molecule has 5 heteroatoms. The molecule has 0 saturated heterocycles. The summed E-state index contributed by atoms with van der Waals surface area (Å²) in [5.41, 5.74) is 0. The maximum atomic E-state index is 8.44. The lowest BCUT2D eigenvalue weighted by molar-refractivity contribution is 0.311. The molecule has 0 aliphatic carbocycles. The summed E-state index contributed by atoms with van der Waals surface area (Å²) in [7, 11) is 0. The van der Waals surface area contributed by atoms with Gasteiger partial charge in [-0.25, -0.2) is 9.97 Å². The highest BCUT2D eigenvalue weighted by atomic mass is 35.5. The van der Waals surface area contributed by atoms with E-state index >= 15 is 0 Å². The average molecular weight is 174 g/mol. The Morgan fingerprint density at radius 1 is 1.45 bits per heavy atom. The monoisotopic (exact) mass is 173 g/mol. The van der Waals surface area contributed by atoms with Crippen LogP contribution < -0.4 is 5.32 Å². The van der Waals surface area contributed by atoms with Crippen LogP contribution in [0.4, 0.5) is 5.95 Å². The van der Waals surface area contributed by atoms with E-state index in [9.17, 15) is 0 Å². The van der Waals surface area contributed by atoms with Crippen LogP contribution in [0.5, 0.6) is 0 Å². The minimum atomic E-state index is 0.0615. The van der Waals surface area contributed by atoms with E-state index in [0.29, 0.717) is 17.5 Å². The Hall–Kier alpha value is -0.870. The average Bonchev–Trinajstić information content (AvgIpc) is 2.04. The zero-order valence-electron chi connectivity index (χ0n) is 5.79. The van der Waals surface area contributed by atoms with Gasteiger partial charge < -0.3 is 10.4 Å². The first kappa shape index (κ1) is 8.23. The first-order chi connectivity index (χ1) is 5.33. The molecule has 0 amide bonds. The molecule has 0 bridgehead atoms. The third kappa shape index (κ3) is 2.69. The zero-order valence-corrected chi connectivity index (χ0v) is 6.54. The van der Waals surface area contributed by atoms with E-state index < -0.39 is 0 Å². The third-order valence-corrected chi connectivity index (χ3v) is 1.21. The SMILES string of the molecule is OCCNc1ncc(Cl)cn1. The van der Waals surface area contributed by atoms with Crippen LogP contribution in [0.1, 0.15) is 0 Å². The summed E-state index contributed by atoms with van der Waals surface area (Å²) in [5, 5.41) is 11.7. The fourth-order valence-electron chi connectivity index (χ4n) is 0.571. The predicted octanol–water partition coefficient (Wildman–Crippen LogP) is 0.534. The molecule has 60 valence electrons. The summed E-state index contributed by atoms with van der Waals surface area (Å²) < 4.78 is 0. The van der Waals surface area contributed by atoms with Crippen molar-refractivity contribution in [3.63, 3.8) is 0 Å². The Morgan fingerprint density at radius 2 is 2.09 bits per heavy atom. The van der Waals surface area contributed by atoms with E-state index in [1.54, 1.807) is 0 Å². The Kier molecular flexibility index (Phi) is 3.07. The second kappa shape index (κ2) is 4.10. The molecule has 0 unspecified atom stereocenters. The molecular formula is C6H8ClN3O. The quantitative estimate of drug-likeness (QED) is 0.701. The Morgan fingerprint density at radius 3 is 2.64 bits per heavy atom. The van der Waals surface area contributed by atoms with E-state index in [0.717, 1.165) is 0 Å². The van der Waals surface area contributed by atoms with Gasteiger partial charge in [-0.3, -0.25) is 0 Å². The van der Waals surface area contributed by atoms with E-state index in [-0.39, 0.29) is 6.61 Å². The summed E-state index contributed by atoms with van der Waals surface area (Å²) in [5.74, 6) is 0.475. The number of aromatic nitrogens is 2. The van der Waals surface area contributed by atoms with Crippen molar-refractivity contribution in [2.45, 2.75) is 0 Å². The third-order valence-electron chi connectivity index (χ3n) is 1.02. The highest BCUT2D eigenvalue weighted by Gasteiger charge is 1.92. The minimum absolute atomic E-state index is 0.0615. The Bertz CT molecular complexity index is 214. The van der Waals surface area contributed by atoms with Gasteiger partial charge in [-0.15, -0.1) is 0 Å². The number of hydrogen-bond acceptors (Lipinski definition) is 4. The summed E-state index contributed by atoms with van der Waals surface area (Å²) in [6, 6.07) is 0. The maximum absolute atomic E-state index is 8.44. The van der Waals surface area contributed by atoms with E-state index in [1.165, 1.54) is 12.4 Å². The molecule has 0 aromatic carbocycles. The number of anilines is 1. The van der Waals surface area contributed by atoms with Crippen molar-refractivity contribution in [2.75, 3.05) is 18.5 Å². The predicted molar refractivity (Wildman–Crippen MR) is 42.6 cm³/mol. The molecule has 0 spiro atoms. The molecule has 1 aromatic rings. The van der Waals surface area contributed by atoms with Gasteiger partial charge in [-0.1, -0.05) is 11.6 Å². The molecule has 11 heavy (non-hydrogen) atoms. The minimum Gasteiger partial charge on any atom is -0.395 e. The lowest BCUT2D eigenvalue weighted by atomic mass is 10.6. The van der Waals surface area contributed by atoms with Gasteiger partial charge in [0, 0.05) is 6.54 Å². The van der Waals surface area contributed by atoms with Crippen LogP contribution in [0.3, 0.4) is 0 Å². The number of halogens is 1. The fraction of sp³-hybridized carbons (Fsp3) is 0.333. The van der Waals surface area contributed by atoms with E-state index in [1.807, 2.05) is 0 Å². The normalized spacial score (nSPS) is 9.64. The molecule has 0 radical (unpaired) electrons. The standard InChI is InChI=1S/C6H8ClN3O/c7-5-3-9-6(10-4-5)8-1-2-11/h3-4,11H,1-2H2,(H,8,9,10). The molecule has 0 atom stereocenters. The van der Waals surface area contributed by atoms with E-state index in [2.05, 4.69) is 15.3 Å². The highest BCUT2D eigenvalue weighted by Crippen LogP contribution is 2.04. The second-order valence-corrected chi connectivity index (χ2v) is 2.31. The van der Waals surface area contributed by atoms with Crippen LogP contribution in [0.25, 0.3) is 0 Å². The van der Waals surface area contributed by atoms with Crippen molar-refractivity contribution in [2.24, 2.45) is 0 Å². The van der Waals surface area contributed by atoms with Gasteiger partial charge in [0.25, 0.3) is 0 Å². The lowest BCUT2D eigenvalue weighted by Crippen LogP contribution is -2.07. The number of aliphatic hydroxyl groups is 1. The second-order valence-electron chi connectivity index (χ2n) is 1.88. The number of aliphatic hydroxyl groups excluding tert-OH is 1. The Balaban J connectivity index is 2.52. The van der Waals surface area contributed by atoms with Crippen molar-refractivity contribution >= 4 is 17.5 Å². The van der Waals surface area contributed by atoms with Crippen LogP contribution >= 0.6 is 11.6 Å². The molecule has 4 nitrogen and oxygen atoms in total. The van der Waals surface area contributed by atoms with Crippen LogP contribution in [-0.2, 0) is 0 Å². The smallest absolute Gasteiger partial charge is 0.222 e. The van der Waals surface area contributed by atoms with Crippen molar-refractivity contribution in [1.29, 1.82) is 0 Å². The van der Waals surface area contributed by atoms with Crippen molar-refractivity contribution < 1.29 is 5.11 Å². The number of nitrogens with one attached hydrogen (secondary N) is 1. The van der Waals surface area contributed by atoms with Crippen molar-refractivity contribution in [3.05, 3.63) is 17.4 Å². The van der Waals surface area contributed by atoms with Gasteiger partial charge in [-0.05, 0) is 0 Å². The summed E-state index contributed by atoms with van der Waals surface area (Å²) in [6.07, 6.45) is 2.99. The molecule has 1 rings (SSSR count). The summed E-state index contributed by atoms with van der Waals surface area (Å²) in [4.78, 5) is 7.70. The molecular weight excluding hydrogens is 166 g/mol. The van der Waals surface area contributed by atoms with Gasteiger partial charge in [-0.2, -0.15) is 0 Å². The molecule has 0 fully saturated rings. The first-order valence-corrected chi connectivity index (χ1v) is 3.53. The van der Waals surface area contributed by atoms with Crippen LogP contribution in [0, 0.1) is 0 Å². The van der Waals surface area contributed by atoms with Gasteiger partial charge >= 0.3 is 0 Å². The van der Waals surface area contributed by atoms with Crippen LogP contribution in [0.2, 0.25) is 5.02 Å². The van der Waals surface area contributed by atoms with Crippen LogP contribution in [0.15, 0.2) is 12.4 Å². The fourth-order valence-corrected chi connectivity index (χ4v) is 0.669. The number of hydrogen-bond donors (Lipinski definition) is 2. The summed E-state index contributed by atoms with van der Waals surface area (Å²) in [6.45, 7) is 0.508. The maximum Gasteiger partial charge on any atom is 0.222 e. The molecule has 0 aliphatic rings. The first-order valence-electron chi connectivity index (χ1n) is 3.15. The lowest BCUT2D eigenvalue weighted by Gasteiger charge is -1.99. The molecule has 0 saturated carbocycles. The molecule has 1 aromatic heterocycles. The number of rotatable bonds is 3. The van der Waals surface area contributed by atoms with Crippen LogP contribution in [-0.4, -0.2) is 28.2 Å². The highest BCUT2D eigenvalue weighted by molar-refractivity contribution is 6.30. The van der Waals surface area contributed by atoms with Gasteiger partial charge in [0.05, 0.1) is 24.0 Å². The van der Waals surface area contributed by atoms with Gasteiger partial charge in [0.2, 0.25) is 5.95 Å². The van der Waals surface area contributed by atoms with Crippen molar-refractivity contribution in [3.8, 4) is 0 Å². The number of nitrogens with zero attached hydrogens (tertiary/aromatic N) is 2. The zero-order chi connectivity index (χ0) is 8.10. The Labute approximate surface area is 69.2 Å². The largest absolute Gasteiger partial charge is 0.395 e. The van der Waals surface area contributed by atoms with Crippen molar-refractivity contribution in [1.82, 2.24) is 9.97 Å². The van der Waals surface area contributed by atoms with E-state index in [4.69, 9.17) is 16.7 Å². The molecule has 1 heterocycles. The molecule has 2 N–H and O–H groups in total. The summed E-state index contributed by atoms with van der Waals surface area (Å²) >= 11 is 5.54. The van der Waals surface area contributed by atoms with Gasteiger partial charge in [0.15, 0.2) is 0 Å².